The normalized spacial score (nSPS) is 38.4. The van der Waals surface area contributed by atoms with Crippen LogP contribution in [-0.4, -0.2) is 12.6 Å². The van der Waals surface area contributed by atoms with Crippen molar-refractivity contribution >= 4 is 0 Å². The van der Waals surface area contributed by atoms with Crippen LogP contribution in [0.2, 0.25) is 0 Å². The molecule has 2 unspecified atom stereocenters. The van der Waals surface area contributed by atoms with E-state index >= 15 is 0 Å². The first-order valence-corrected chi connectivity index (χ1v) is 4.13. The summed E-state index contributed by atoms with van der Waals surface area (Å²) >= 11 is 0. The molecule has 1 nitrogen and oxygen atoms in total. The summed E-state index contributed by atoms with van der Waals surface area (Å²) in [5, 5.41) is 4.59. The van der Waals surface area contributed by atoms with Gasteiger partial charge in [-0.05, 0) is 0 Å². The summed E-state index contributed by atoms with van der Waals surface area (Å²) in [6.07, 6.45) is 7.13. The average molecular weight is 163 g/mol. The monoisotopic (exact) mass is 163 g/mol. The van der Waals surface area contributed by atoms with Gasteiger partial charge in [-0.25, -0.2) is 0 Å². The van der Waals surface area contributed by atoms with E-state index < -0.39 is 0 Å². The van der Waals surface area contributed by atoms with Gasteiger partial charge in [-0.2, -0.15) is 0 Å². The zero-order chi connectivity index (χ0) is 6.10. The van der Waals surface area contributed by atoms with Gasteiger partial charge in [0, 0.05) is 0 Å². The molecule has 0 bridgehead atoms. The van der Waals surface area contributed by atoms with Crippen LogP contribution in [0, 0.1) is 5.92 Å². The van der Waals surface area contributed by atoms with E-state index in [0.717, 1.165) is 18.5 Å². The van der Waals surface area contributed by atoms with Gasteiger partial charge in [-0.3, -0.25) is 0 Å². The van der Waals surface area contributed by atoms with Crippen LogP contribution in [0.5, 0.6) is 0 Å². The average Bonchev–Trinajstić information content (AvgIpc) is 2.33. The Morgan fingerprint density at radius 1 is 1.00 bits per heavy atom. The molecule has 0 N–H and O–H groups in total. The molecule has 2 atom stereocenters. The largest absolute Gasteiger partial charge is 1.00 e. The van der Waals surface area contributed by atoms with Gasteiger partial charge in [0.2, 0.25) is 0 Å². The Balaban J connectivity index is 0.000000500. The molecule has 2 rings (SSSR count). The molecule has 0 aromatic carbocycles. The first kappa shape index (κ1) is 9.68. The first-order valence-electron chi connectivity index (χ1n) is 4.13. The zero-order valence-electron chi connectivity index (χ0n) is 6.84. The standard InChI is InChI=1S/C8H14N.K/c1-3-7-4-2-6-9-8(7)5-1;/h7-8H,1-6H2;/q-1;+1. The maximum absolute atomic E-state index is 4.59. The summed E-state index contributed by atoms with van der Waals surface area (Å²) in [6, 6.07) is 0.791. The fraction of sp³-hybridized carbons (Fsp3) is 1.00. The van der Waals surface area contributed by atoms with Crippen LogP contribution in [0.4, 0.5) is 0 Å². The van der Waals surface area contributed by atoms with Crippen molar-refractivity contribution in [3.63, 3.8) is 0 Å². The Kier molecular flexibility index (Phi) is 4.43. The Hall–Kier alpha value is 1.60. The van der Waals surface area contributed by atoms with Gasteiger partial charge in [0.1, 0.15) is 0 Å². The topological polar surface area (TPSA) is 14.1 Å². The minimum absolute atomic E-state index is 0. The Morgan fingerprint density at radius 2 is 1.80 bits per heavy atom. The predicted molar refractivity (Wildman–Crippen MR) is 38.6 cm³/mol. The Labute approximate surface area is 106 Å². The van der Waals surface area contributed by atoms with Crippen molar-refractivity contribution in [2.24, 2.45) is 5.92 Å². The Bertz CT molecular complexity index is 93.4. The van der Waals surface area contributed by atoms with E-state index in [2.05, 4.69) is 5.32 Å². The Morgan fingerprint density at radius 3 is 2.60 bits per heavy atom. The summed E-state index contributed by atoms with van der Waals surface area (Å²) in [5.74, 6) is 0.999. The van der Waals surface area contributed by atoms with Crippen molar-refractivity contribution in [1.29, 1.82) is 0 Å². The fourth-order valence-corrected chi connectivity index (χ4v) is 2.20. The summed E-state index contributed by atoms with van der Waals surface area (Å²) in [4.78, 5) is 0. The van der Waals surface area contributed by atoms with Crippen LogP contribution in [0.1, 0.15) is 32.1 Å². The molecule has 1 aliphatic carbocycles. The van der Waals surface area contributed by atoms with Gasteiger partial charge in [0.25, 0.3) is 0 Å². The van der Waals surface area contributed by atoms with E-state index in [1.54, 1.807) is 0 Å². The van der Waals surface area contributed by atoms with E-state index in [1.165, 1.54) is 32.1 Å². The molecular weight excluding hydrogens is 149 g/mol. The van der Waals surface area contributed by atoms with Crippen LogP contribution < -0.4 is 51.4 Å². The molecule has 0 spiro atoms. The molecule has 10 heavy (non-hydrogen) atoms. The summed E-state index contributed by atoms with van der Waals surface area (Å²) in [6.45, 7) is 1.15. The van der Waals surface area contributed by atoms with Gasteiger partial charge in [0.15, 0.2) is 0 Å². The van der Waals surface area contributed by atoms with Gasteiger partial charge in [0.05, 0.1) is 0 Å². The van der Waals surface area contributed by atoms with Gasteiger partial charge in [-0.1, -0.05) is 38.0 Å². The maximum Gasteiger partial charge on any atom is 1.00 e. The summed E-state index contributed by atoms with van der Waals surface area (Å²) in [7, 11) is 0. The third kappa shape index (κ3) is 2.05. The molecular formula is C8H14KN. The fourth-order valence-electron chi connectivity index (χ4n) is 2.20. The zero-order valence-corrected chi connectivity index (χ0v) is 9.97. The van der Waals surface area contributed by atoms with Crippen LogP contribution in [-0.2, 0) is 0 Å². The third-order valence-corrected chi connectivity index (χ3v) is 2.72. The summed E-state index contributed by atoms with van der Waals surface area (Å²) < 4.78 is 0. The molecule has 1 heterocycles. The van der Waals surface area contributed by atoms with Gasteiger partial charge >= 0.3 is 51.4 Å². The second kappa shape index (κ2) is 4.58. The SMILES string of the molecule is C1C[N-]C2CCCC2C1.[K+]. The van der Waals surface area contributed by atoms with Gasteiger partial charge < -0.3 is 5.32 Å². The molecule has 1 saturated heterocycles. The second-order valence-electron chi connectivity index (χ2n) is 3.31. The van der Waals surface area contributed by atoms with Gasteiger partial charge in [-0.15, -0.1) is 12.6 Å². The number of rotatable bonds is 0. The first-order chi connectivity index (χ1) is 4.47. The van der Waals surface area contributed by atoms with Crippen molar-refractivity contribution < 1.29 is 51.4 Å². The molecule has 2 heteroatoms. The van der Waals surface area contributed by atoms with Crippen molar-refractivity contribution in [3.05, 3.63) is 5.32 Å². The van der Waals surface area contributed by atoms with Crippen molar-refractivity contribution in [2.45, 2.75) is 38.1 Å². The molecule has 52 valence electrons. The summed E-state index contributed by atoms with van der Waals surface area (Å²) in [5.41, 5.74) is 0. The smallest absolute Gasteiger partial charge is 0.659 e. The quantitative estimate of drug-likeness (QED) is 0.420. The van der Waals surface area contributed by atoms with Crippen molar-refractivity contribution in [2.75, 3.05) is 6.54 Å². The van der Waals surface area contributed by atoms with E-state index in [0.29, 0.717) is 0 Å². The molecule has 0 aromatic rings. The molecule has 0 amide bonds. The van der Waals surface area contributed by atoms with Crippen molar-refractivity contribution in [1.82, 2.24) is 0 Å². The maximum atomic E-state index is 4.59. The van der Waals surface area contributed by atoms with Crippen LogP contribution in [0.15, 0.2) is 0 Å². The van der Waals surface area contributed by atoms with E-state index in [1.807, 2.05) is 0 Å². The second-order valence-corrected chi connectivity index (χ2v) is 3.31. The minimum atomic E-state index is 0. The van der Waals surface area contributed by atoms with E-state index in [-0.39, 0.29) is 51.4 Å². The van der Waals surface area contributed by atoms with E-state index in [9.17, 15) is 0 Å². The number of piperidine rings is 1. The number of nitrogens with zero attached hydrogens (tertiary/aromatic N) is 1. The van der Waals surface area contributed by atoms with Crippen LogP contribution in [0.25, 0.3) is 5.32 Å². The molecule has 0 radical (unpaired) electrons. The molecule has 0 aromatic heterocycles. The number of hydrogen-bond donors (Lipinski definition) is 0. The number of hydrogen-bond acceptors (Lipinski definition) is 0. The van der Waals surface area contributed by atoms with Crippen LogP contribution in [0.3, 0.4) is 0 Å². The minimum Gasteiger partial charge on any atom is -0.659 e. The third-order valence-electron chi connectivity index (χ3n) is 2.72. The molecule has 2 aliphatic rings. The van der Waals surface area contributed by atoms with Crippen LogP contribution >= 0.6 is 0 Å². The predicted octanol–water partition coefficient (Wildman–Crippen LogP) is -0.673. The van der Waals surface area contributed by atoms with Crippen molar-refractivity contribution in [3.8, 4) is 0 Å². The molecule has 1 saturated carbocycles. The number of fused-ring (bicyclic) bond motifs is 1. The molecule has 2 fully saturated rings. The van der Waals surface area contributed by atoms with E-state index in [4.69, 9.17) is 0 Å². The molecule has 1 aliphatic heterocycles.